The number of pyridine rings is 1. The minimum atomic E-state index is -5.08. The Bertz CT molecular complexity index is 1030. The molecule has 0 fully saturated rings. The van der Waals surface area contributed by atoms with E-state index in [1.165, 1.54) is 6.07 Å². The summed E-state index contributed by atoms with van der Waals surface area (Å²) in [6.45, 7) is 4.74. The number of hydrogen-bond acceptors (Lipinski definition) is 4. The van der Waals surface area contributed by atoms with Crippen LogP contribution in [0, 0.1) is 12.7 Å². The average Bonchev–Trinajstić information content (AvgIpc) is 3.09. The van der Waals surface area contributed by atoms with Crippen molar-refractivity contribution in [2.24, 2.45) is 0 Å². The van der Waals surface area contributed by atoms with Gasteiger partial charge >= 0.3 is 12.1 Å². The molecule has 0 unspecified atom stereocenters. The predicted octanol–water partition coefficient (Wildman–Crippen LogP) is 4.96. The normalized spacial score (nSPS) is 12.1. The van der Waals surface area contributed by atoms with Crippen LogP contribution in [0.5, 0.6) is 0 Å². The van der Waals surface area contributed by atoms with Gasteiger partial charge in [-0.25, -0.2) is 13.9 Å². The number of halogens is 5. The lowest BCUT2D eigenvalue weighted by atomic mass is 10.1. The Kier molecular flexibility index (Phi) is 8.28. The van der Waals surface area contributed by atoms with Crippen LogP contribution in [-0.2, 0) is 11.3 Å². The molecule has 1 atom stereocenters. The number of aryl methyl sites for hydroxylation is 1. The zero-order chi connectivity index (χ0) is 23.2. The SMILES string of the molecule is Cc1nn(-c2ccncc2)cc1CN[C@H](C)c1ccc(F)c(Br)c1.O=C(O)C(F)(F)F. The molecule has 3 rings (SSSR count). The monoisotopic (exact) mass is 502 g/mol. The summed E-state index contributed by atoms with van der Waals surface area (Å²) < 4.78 is 47.4. The van der Waals surface area contributed by atoms with E-state index in [4.69, 9.17) is 9.90 Å². The van der Waals surface area contributed by atoms with Gasteiger partial charge in [0.25, 0.3) is 0 Å². The molecule has 0 aliphatic heterocycles. The lowest BCUT2D eigenvalue weighted by Crippen LogP contribution is -2.21. The first kappa shape index (κ1) is 24.5. The van der Waals surface area contributed by atoms with E-state index in [9.17, 15) is 17.6 Å². The second-order valence-electron chi connectivity index (χ2n) is 6.47. The van der Waals surface area contributed by atoms with Gasteiger partial charge in [-0.3, -0.25) is 4.98 Å². The molecule has 1 aromatic carbocycles. The van der Waals surface area contributed by atoms with Gasteiger partial charge in [-0.2, -0.15) is 18.3 Å². The number of benzene rings is 1. The van der Waals surface area contributed by atoms with Crippen molar-refractivity contribution in [1.29, 1.82) is 0 Å². The lowest BCUT2D eigenvalue weighted by Gasteiger charge is -2.14. The standard InChI is InChI=1S/C18H18BrFN4.C2HF3O2/c1-12(14-3-4-18(20)17(19)9-14)22-10-15-11-24(23-13(15)2)16-5-7-21-8-6-16;3-2(4,5)1(6)7/h3-9,11-12,22H,10H2,1-2H3;(H,6,7)/t12-;/m1./s1. The van der Waals surface area contributed by atoms with Crippen molar-refractivity contribution in [2.45, 2.75) is 32.6 Å². The number of carboxylic acids is 1. The van der Waals surface area contributed by atoms with Crippen LogP contribution in [0.2, 0.25) is 0 Å². The van der Waals surface area contributed by atoms with Gasteiger partial charge in [-0.1, -0.05) is 6.07 Å². The van der Waals surface area contributed by atoms with Gasteiger partial charge in [0.05, 0.1) is 15.9 Å². The Balaban J connectivity index is 0.000000423. The van der Waals surface area contributed by atoms with Crippen molar-refractivity contribution in [2.75, 3.05) is 0 Å². The summed E-state index contributed by atoms with van der Waals surface area (Å²) in [5, 5.41) is 15.1. The fourth-order valence-electron chi connectivity index (χ4n) is 2.46. The summed E-state index contributed by atoms with van der Waals surface area (Å²) in [6, 6.07) is 9.02. The third-order valence-corrected chi connectivity index (χ3v) is 4.82. The molecular formula is C20H19BrF4N4O2. The van der Waals surface area contributed by atoms with E-state index >= 15 is 0 Å². The van der Waals surface area contributed by atoms with E-state index < -0.39 is 12.1 Å². The molecule has 11 heteroatoms. The number of nitrogens with zero attached hydrogens (tertiary/aromatic N) is 3. The van der Waals surface area contributed by atoms with Crippen LogP contribution in [0.3, 0.4) is 0 Å². The number of nitrogens with one attached hydrogen (secondary N) is 1. The van der Waals surface area contributed by atoms with Crippen molar-refractivity contribution < 1.29 is 27.5 Å². The number of carboxylic acid groups (broad SMARTS) is 1. The quantitative estimate of drug-likeness (QED) is 0.482. The van der Waals surface area contributed by atoms with E-state index in [0.29, 0.717) is 11.0 Å². The lowest BCUT2D eigenvalue weighted by molar-refractivity contribution is -0.192. The summed E-state index contributed by atoms with van der Waals surface area (Å²) in [5.41, 5.74) is 4.11. The highest BCUT2D eigenvalue weighted by Crippen LogP contribution is 2.22. The second kappa shape index (κ2) is 10.5. The number of alkyl halides is 3. The molecule has 0 aliphatic carbocycles. The van der Waals surface area contributed by atoms with Crippen LogP contribution in [0.4, 0.5) is 17.6 Å². The minimum absolute atomic E-state index is 0.102. The number of rotatable bonds is 5. The van der Waals surface area contributed by atoms with Crippen molar-refractivity contribution in [3.63, 3.8) is 0 Å². The molecule has 0 aliphatic rings. The number of carbonyl (C=O) groups is 1. The molecule has 0 amide bonds. The second-order valence-corrected chi connectivity index (χ2v) is 7.32. The molecule has 6 nitrogen and oxygen atoms in total. The highest BCUT2D eigenvalue weighted by Gasteiger charge is 2.38. The van der Waals surface area contributed by atoms with Crippen molar-refractivity contribution >= 4 is 21.9 Å². The Labute approximate surface area is 184 Å². The summed E-state index contributed by atoms with van der Waals surface area (Å²) in [4.78, 5) is 12.9. The van der Waals surface area contributed by atoms with Gasteiger partial charge in [0, 0.05) is 36.7 Å². The first-order chi connectivity index (χ1) is 14.5. The van der Waals surface area contributed by atoms with Crippen LogP contribution >= 0.6 is 15.9 Å². The zero-order valence-electron chi connectivity index (χ0n) is 16.5. The first-order valence-electron chi connectivity index (χ1n) is 8.93. The Morgan fingerprint density at radius 2 is 1.87 bits per heavy atom. The number of hydrogen-bond donors (Lipinski definition) is 2. The van der Waals surface area contributed by atoms with E-state index in [1.807, 2.05) is 29.9 Å². The highest BCUT2D eigenvalue weighted by molar-refractivity contribution is 9.10. The van der Waals surface area contributed by atoms with Crippen molar-refractivity contribution in [3.8, 4) is 5.69 Å². The van der Waals surface area contributed by atoms with Gasteiger partial charge in [-0.15, -0.1) is 0 Å². The molecule has 166 valence electrons. The van der Waals surface area contributed by atoms with Gasteiger partial charge in [-0.05, 0) is 59.6 Å². The molecule has 3 aromatic rings. The van der Waals surface area contributed by atoms with Crippen LogP contribution in [-0.4, -0.2) is 32.0 Å². The summed E-state index contributed by atoms with van der Waals surface area (Å²) in [7, 11) is 0. The fraction of sp³-hybridized carbons (Fsp3) is 0.250. The third-order valence-electron chi connectivity index (χ3n) is 4.21. The molecule has 0 saturated carbocycles. The molecule has 0 saturated heterocycles. The Hall–Kier alpha value is -2.79. The van der Waals surface area contributed by atoms with E-state index in [-0.39, 0.29) is 11.9 Å². The maximum Gasteiger partial charge on any atom is 0.490 e. The Morgan fingerprint density at radius 3 is 2.42 bits per heavy atom. The van der Waals surface area contributed by atoms with Crippen molar-refractivity contribution in [3.05, 3.63) is 76.0 Å². The Morgan fingerprint density at radius 1 is 1.26 bits per heavy atom. The van der Waals surface area contributed by atoms with Crippen LogP contribution in [0.15, 0.2) is 53.4 Å². The number of aliphatic carboxylic acids is 1. The molecule has 0 radical (unpaired) electrons. The van der Waals surface area contributed by atoms with Crippen LogP contribution in [0.1, 0.15) is 29.8 Å². The van der Waals surface area contributed by atoms with Crippen LogP contribution in [0.25, 0.3) is 5.69 Å². The zero-order valence-corrected chi connectivity index (χ0v) is 18.1. The maximum absolute atomic E-state index is 13.3. The molecule has 2 aromatic heterocycles. The van der Waals surface area contributed by atoms with E-state index in [1.54, 1.807) is 24.5 Å². The molecule has 0 bridgehead atoms. The van der Waals surface area contributed by atoms with Crippen LogP contribution < -0.4 is 5.32 Å². The summed E-state index contributed by atoms with van der Waals surface area (Å²) >= 11 is 3.23. The molecule has 2 N–H and O–H groups in total. The fourth-order valence-corrected chi connectivity index (χ4v) is 2.86. The first-order valence-corrected chi connectivity index (χ1v) is 9.72. The van der Waals surface area contributed by atoms with Gasteiger partial charge in [0.15, 0.2) is 0 Å². The summed E-state index contributed by atoms with van der Waals surface area (Å²) in [5.74, 6) is -3.01. The molecule has 2 heterocycles. The summed E-state index contributed by atoms with van der Waals surface area (Å²) in [6.07, 6.45) is 0.433. The van der Waals surface area contributed by atoms with E-state index in [0.717, 1.165) is 22.5 Å². The van der Waals surface area contributed by atoms with Gasteiger partial charge in [0.2, 0.25) is 0 Å². The van der Waals surface area contributed by atoms with Gasteiger partial charge in [0.1, 0.15) is 5.82 Å². The highest BCUT2D eigenvalue weighted by atomic mass is 79.9. The minimum Gasteiger partial charge on any atom is -0.475 e. The van der Waals surface area contributed by atoms with Crippen molar-refractivity contribution in [1.82, 2.24) is 20.1 Å². The largest absolute Gasteiger partial charge is 0.490 e. The number of aromatic nitrogens is 3. The third kappa shape index (κ3) is 7.14. The van der Waals surface area contributed by atoms with Gasteiger partial charge < -0.3 is 10.4 Å². The molecular weight excluding hydrogens is 484 g/mol. The molecule has 31 heavy (non-hydrogen) atoms. The topological polar surface area (TPSA) is 80.0 Å². The average molecular weight is 503 g/mol. The van der Waals surface area contributed by atoms with E-state index in [2.05, 4.69) is 38.3 Å². The maximum atomic E-state index is 13.3. The predicted molar refractivity (Wildman–Crippen MR) is 109 cm³/mol. The molecule has 0 spiro atoms. The smallest absolute Gasteiger partial charge is 0.475 e.